The molecule has 5 nitrogen and oxygen atoms in total. The molecule has 27 heavy (non-hydrogen) atoms. The molecule has 0 spiro atoms. The fraction of sp³-hybridized carbons (Fsp3) is 0.0909. The topological polar surface area (TPSA) is 58.4 Å². The van der Waals surface area contributed by atoms with Crippen LogP contribution in [0.4, 0.5) is 16.2 Å². The summed E-state index contributed by atoms with van der Waals surface area (Å²) in [5, 5.41) is 2.92. The zero-order valence-corrected chi connectivity index (χ0v) is 15.1. The van der Waals surface area contributed by atoms with Crippen LogP contribution in [0.15, 0.2) is 77.2 Å². The molecule has 0 radical (unpaired) electrons. The van der Waals surface area contributed by atoms with Crippen molar-refractivity contribution in [2.45, 2.75) is 6.92 Å². The van der Waals surface area contributed by atoms with Crippen molar-refractivity contribution in [3.8, 4) is 11.5 Å². The van der Waals surface area contributed by atoms with Crippen LogP contribution in [0.1, 0.15) is 5.56 Å². The number of carbonyl (C=O) groups excluding carboxylic acids is 1. The summed E-state index contributed by atoms with van der Waals surface area (Å²) in [7, 11) is 1.74. The molecule has 2 amide bonds. The molecule has 0 aliphatic carbocycles. The lowest BCUT2D eigenvalue weighted by Crippen LogP contribution is -2.31. The van der Waals surface area contributed by atoms with E-state index in [1.165, 1.54) is 0 Å². The number of rotatable bonds is 3. The van der Waals surface area contributed by atoms with Gasteiger partial charge < -0.3 is 9.73 Å². The van der Waals surface area contributed by atoms with Crippen molar-refractivity contribution in [2.75, 3.05) is 17.3 Å². The van der Waals surface area contributed by atoms with Gasteiger partial charge in [-0.2, -0.15) is 0 Å². The van der Waals surface area contributed by atoms with Crippen LogP contribution in [0, 0.1) is 6.92 Å². The largest absolute Gasteiger partial charge is 0.436 e. The number of urea groups is 1. The summed E-state index contributed by atoms with van der Waals surface area (Å²) >= 11 is 0. The van der Waals surface area contributed by atoms with E-state index in [0.29, 0.717) is 11.6 Å². The Morgan fingerprint density at radius 1 is 1.00 bits per heavy atom. The highest BCUT2D eigenvalue weighted by Crippen LogP contribution is 2.26. The quantitative estimate of drug-likeness (QED) is 0.529. The molecule has 4 rings (SSSR count). The standard InChI is InChI=1S/C22H19N3O2/c1-15-10-12-18(13-11-15)25(2)22(26)23-17-7-5-6-16(14-17)21-24-19-8-3-4-9-20(19)27-21/h3-14H,1-2H3,(H,23,26). The van der Waals surface area contributed by atoms with Gasteiger partial charge in [-0.25, -0.2) is 9.78 Å². The molecule has 1 aromatic heterocycles. The zero-order valence-electron chi connectivity index (χ0n) is 15.1. The summed E-state index contributed by atoms with van der Waals surface area (Å²) in [5.74, 6) is 0.527. The van der Waals surface area contributed by atoms with Gasteiger partial charge in [-0.15, -0.1) is 0 Å². The minimum absolute atomic E-state index is 0.214. The van der Waals surface area contributed by atoms with E-state index in [-0.39, 0.29) is 6.03 Å². The number of amides is 2. The highest BCUT2D eigenvalue weighted by atomic mass is 16.3. The van der Waals surface area contributed by atoms with E-state index in [4.69, 9.17) is 4.42 Å². The van der Waals surface area contributed by atoms with Gasteiger partial charge in [0.1, 0.15) is 5.52 Å². The number of anilines is 2. The normalized spacial score (nSPS) is 10.7. The number of oxazole rings is 1. The molecule has 0 aliphatic heterocycles. The van der Waals surface area contributed by atoms with Crippen LogP contribution in [0.3, 0.4) is 0 Å². The number of aromatic nitrogens is 1. The second-order valence-corrected chi connectivity index (χ2v) is 6.39. The lowest BCUT2D eigenvalue weighted by molar-refractivity contribution is 0.258. The molecule has 0 atom stereocenters. The Bertz CT molecular complexity index is 1070. The molecule has 1 N–H and O–H groups in total. The van der Waals surface area contributed by atoms with Gasteiger partial charge in [0.05, 0.1) is 0 Å². The van der Waals surface area contributed by atoms with Crippen molar-refractivity contribution in [1.29, 1.82) is 0 Å². The fourth-order valence-electron chi connectivity index (χ4n) is 2.82. The lowest BCUT2D eigenvalue weighted by Gasteiger charge is -2.18. The number of benzene rings is 3. The molecule has 4 aromatic rings. The number of carbonyl (C=O) groups is 1. The van der Waals surface area contributed by atoms with Crippen LogP contribution in [0.2, 0.25) is 0 Å². The van der Waals surface area contributed by atoms with Gasteiger partial charge in [-0.05, 0) is 49.4 Å². The van der Waals surface area contributed by atoms with Crippen LogP contribution in [-0.4, -0.2) is 18.1 Å². The zero-order chi connectivity index (χ0) is 18.8. The first-order valence-electron chi connectivity index (χ1n) is 8.67. The molecule has 0 saturated carbocycles. The first-order valence-corrected chi connectivity index (χ1v) is 8.67. The van der Waals surface area contributed by atoms with Crippen LogP contribution < -0.4 is 10.2 Å². The highest BCUT2D eigenvalue weighted by molar-refractivity contribution is 6.01. The van der Waals surface area contributed by atoms with Gasteiger partial charge in [-0.1, -0.05) is 35.9 Å². The summed E-state index contributed by atoms with van der Waals surface area (Å²) in [5.41, 5.74) is 5.01. The third-order valence-electron chi connectivity index (χ3n) is 4.38. The van der Waals surface area contributed by atoms with E-state index in [9.17, 15) is 4.79 Å². The second kappa shape index (κ2) is 6.96. The molecule has 0 saturated heterocycles. The Kier molecular flexibility index (Phi) is 4.34. The Hall–Kier alpha value is -3.60. The molecule has 0 unspecified atom stereocenters. The summed E-state index contributed by atoms with van der Waals surface area (Å²) in [6, 6.07) is 22.7. The third kappa shape index (κ3) is 3.53. The molecule has 0 fully saturated rings. The van der Waals surface area contributed by atoms with Gasteiger partial charge in [0.25, 0.3) is 0 Å². The van der Waals surface area contributed by atoms with Gasteiger partial charge in [0.15, 0.2) is 5.58 Å². The van der Waals surface area contributed by atoms with Gasteiger partial charge >= 0.3 is 6.03 Å². The Morgan fingerprint density at radius 3 is 2.56 bits per heavy atom. The predicted octanol–water partition coefficient (Wildman–Crippen LogP) is 5.47. The lowest BCUT2D eigenvalue weighted by atomic mass is 10.2. The summed E-state index contributed by atoms with van der Waals surface area (Å²) < 4.78 is 5.81. The number of nitrogens with one attached hydrogen (secondary N) is 1. The van der Waals surface area contributed by atoms with E-state index >= 15 is 0 Å². The second-order valence-electron chi connectivity index (χ2n) is 6.39. The van der Waals surface area contributed by atoms with Gasteiger partial charge in [-0.3, -0.25) is 4.90 Å². The van der Waals surface area contributed by atoms with Crippen LogP contribution in [-0.2, 0) is 0 Å². The minimum atomic E-state index is -0.214. The maximum Gasteiger partial charge on any atom is 0.326 e. The average molecular weight is 357 g/mol. The molecule has 1 heterocycles. The SMILES string of the molecule is Cc1ccc(N(C)C(=O)Nc2cccc(-c3nc4ccccc4o3)c2)cc1. The summed E-state index contributed by atoms with van der Waals surface area (Å²) in [6.45, 7) is 2.02. The van der Waals surface area contributed by atoms with E-state index < -0.39 is 0 Å². The van der Waals surface area contributed by atoms with Crippen molar-refractivity contribution in [3.05, 3.63) is 78.4 Å². The number of aryl methyl sites for hydroxylation is 1. The molecular formula is C22H19N3O2. The van der Waals surface area contributed by atoms with Crippen molar-refractivity contribution >= 4 is 28.5 Å². The number of para-hydroxylation sites is 2. The van der Waals surface area contributed by atoms with Crippen LogP contribution >= 0.6 is 0 Å². The molecular weight excluding hydrogens is 338 g/mol. The minimum Gasteiger partial charge on any atom is -0.436 e. The van der Waals surface area contributed by atoms with E-state index in [2.05, 4.69) is 10.3 Å². The number of nitrogens with zero attached hydrogens (tertiary/aromatic N) is 2. The van der Waals surface area contributed by atoms with Crippen molar-refractivity contribution in [3.63, 3.8) is 0 Å². The van der Waals surface area contributed by atoms with Gasteiger partial charge in [0, 0.05) is 24.0 Å². The molecule has 5 heteroatoms. The first-order chi connectivity index (χ1) is 13.1. The number of fused-ring (bicyclic) bond motifs is 1. The Labute approximate surface area is 157 Å². The van der Waals surface area contributed by atoms with Crippen molar-refractivity contribution < 1.29 is 9.21 Å². The van der Waals surface area contributed by atoms with E-state index in [0.717, 1.165) is 27.9 Å². The molecule has 0 bridgehead atoms. The van der Waals surface area contributed by atoms with Crippen LogP contribution in [0.25, 0.3) is 22.6 Å². The first kappa shape index (κ1) is 16.8. The highest BCUT2D eigenvalue weighted by Gasteiger charge is 2.13. The van der Waals surface area contributed by atoms with Crippen molar-refractivity contribution in [2.24, 2.45) is 0 Å². The maximum absolute atomic E-state index is 12.6. The maximum atomic E-state index is 12.6. The monoisotopic (exact) mass is 357 g/mol. The smallest absolute Gasteiger partial charge is 0.326 e. The van der Waals surface area contributed by atoms with E-state index in [1.54, 1.807) is 11.9 Å². The third-order valence-corrected chi connectivity index (χ3v) is 4.38. The number of hydrogen-bond acceptors (Lipinski definition) is 3. The molecule has 134 valence electrons. The molecule has 0 aliphatic rings. The van der Waals surface area contributed by atoms with Gasteiger partial charge in [0.2, 0.25) is 5.89 Å². The Morgan fingerprint density at radius 2 is 1.78 bits per heavy atom. The van der Waals surface area contributed by atoms with E-state index in [1.807, 2.05) is 79.7 Å². The average Bonchev–Trinajstić information content (AvgIpc) is 3.12. The fourth-order valence-corrected chi connectivity index (χ4v) is 2.82. The predicted molar refractivity (Wildman–Crippen MR) is 108 cm³/mol. The summed E-state index contributed by atoms with van der Waals surface area (Å²) in [4.78, 5) is 18.6. The van der Waals surface area contributed by atoms with Crippen molar-refractivity contribution in [1.82, 2.24) is 4.98 Å². The number of hydrogen-bond donors (Lipinski definition) is 1. The summed E-state index contributed by atoms with van der Waals surface area (Å²) in [6.07, 6.45) is 0. The Balaban J connectivity index is 1.55. The molecule has 3 aromatic carbocycles. The van der Waals surface area contributed by atoms with Crippen LogP contribution in [0.5, 0.6) is 0 Å².